The first-order valence-corrected chi connectivity index (χ1v) is 3.63. The summed E-state index contributed by atoms with van der Waals surface area (Å²) in [4.78, 5) is 3.40. The number of halogens is 5. The maximum absolute atomic E-state index is 12.3. The summed E-state index contributed by atoms with van der Waals surface area (Å²) in [5, 5.41) is 1.97. The predicted octanol–water partition coefficient (Wildman–Crippen LogP) is 1.62. The normalized spacial score (nSPS) is 16.5. The largest absolute Gasteiger partial charge is 0.454 e. The van der Waals surface area contributed by atoms with Gasteiger partial charge >= 0.3 is 12.1 Å². The molecule has 0 amide bonds. The van der Waals surface area contributed by atoms with E-state index >= 15 is 0 Å². The van der Waals surface area contributed by atoms with Crippen LogP contribution in [0.25, 0.3) is 0 Å². The molecule has 0 aromatic carbocycles. The molecular weight excluding hydrogens is 207 g/mol. The lowest BCUT2D eigenvalue weighted by molar-refractivity contribution is -0.279. The van der Waals surface area contributed by atoms with Gasteiger partial charge < -0.3 is 10.3 Å². The Morgan fingerprint density at radius 3 is 2.21 bits per heavy atom. The van der Waals surface area contributed by atoms with Gasteiger partial charge in [0.1, 0.15) is 0 Å². The van der Waals surface area contributed by atoms with E-state index in [-0.39, 0.29) is 6.54 Å². The van der Waals surface area contributed by atoms with E-state index in [0.29, 0.717) is 5.57 Å². The summed E-state index contributed by atoms with van der Waals surface area (Å²) >= 11 is 0. The number of nitrogens with one attached hydrogen (secondary N) is 1. The second kappa shape index (κ2) is 3.64. The molecule has 0 fully saturated rings. The third kappa shape index (κ3) is 2.50. The Bertz CT molecular complexity index is 266. The van der Waals surface area contributed by atoms with Crippen molar-refractivity contribution in [3.05, 3.63) is 11.8 Å². The van der Waals surface area contributed by atoms with Gasteiger partial charge in [0.25, 0.3) is 0 Å². The Kier molecular flexibility index (Phi) is 2.89. The lowest BCUT2D eigenvalue weighted by atomic mass is 10.2. The standard InChI is InChI=1S/C7H6F5N2/c8-6(9,7(10,11)12)4-14-3-5-1-13-2-5/h1,14H,3-4H2/q-1. The lowest BCUT2D eigenvalue weighted by Gasteiger charge is -2.21. The van der Waals surface area contributed by atoms with Gasteiger partial charge in [-0.2, -0.15) is 22.0 Å². The Balaban J connectivity index is 2.29. The smallest absolute Gasteiger partial charge is 0.394 e. The molecule has 0 unspecified atom stereocenters. The van der Waals surface area contributed by atoms with Gasteiger partial charge in [0.15, 0.2) is 0 Å². The van der Waals surface area contributed by atoms with Crippen LogP contribution in [0, 0.1) is 0 Å². The van der Waals surface area contributed by atoms with E-state index in [4.69, 9.17) is 0 Å². The zero-order valence-electron chi connectivity index (χ0n) is 6.83. The zero-order chi connectivity index (χ0) is 10.8. The highest BCUT2D eigenvalue weighted by molar-refractivity contribution is 5.84. The molecule has 0 saturated carbocycles. The predicted molar refractivity (Wildman–Crippen MR) is 39.4 cm³/mol. The van der Waals surface area contributed by atoms with Crippen molar-refractivity contribution in [1.82, 2.24) is 5.32 Å². The van der Waals surface area contributed by atoms with E-state index in [2.05, 4.69) is 11.2 Å². The minimum absolute atomic E-state index is 0.0881. The van der Waals surface area contributed by atoms with Crippen molar-refractivity contribution in [2.75, 3.05) is 13.1 Å². The topological polar surface area (TPSA) is 24.4 Å². The quantitative estimate of drug-likeness (QED) is 0.557. The van der Waals surface area contributed by atoms with Crippen LogP contribution >= 0.6 is 0 Å². The molecular formula is C7H6F5N2-. The lowest BCUT2D eigenvalue weighted by Crippen LogP contribution is -2.45. The van der Waals surface area contributed by atoms with Gasteiger partial charge in [-0.1, -0.05) is 12.4 Å². The van der Waals surface area contributed by atoms with Gasteiger partial charge in [0.2, 0.25) is 0 Å². The Labute approximate surface area is 76.5 Å². The van der Waals surface area contributed by atoms with Crippen LogP contribution in [-0.2, 0) is 0 Å². The fraction of sp³-hybridized carbons (Fsp3) is 0.571. The van der Waals surface area contributed by atoms with Crippen LogP contribution < -0.4 is 5.32 Å². The van der Waals surface area contributed by atoms with Crippen molar-refractivity contribution in [2.45, 2.75) is 12.1 Å². The van der Waals surface area contributed by atoms with E-state index in [9.17, 15) is 22.0 Å². The molecule has 1 heterocycles. The van der Waals surface area contributed by atoms with Crippen molar-refractivity contribution in [3.8, 4) is 0 Å². The number of rotatable bonds is 4. The van der Waals surface area contributed by atoms with E-state index < -0.39 is 18.6 Å². The number of nitrogens with zero attached hydrogens (tertiary/aromatic N) is 1. The van der Waals surface area contributed by atoms with Gasteiger partial charge in [-0.15, -0.1) is 5.57 Å². The summed E-state index contributed by atoms with van der Waals surface area (Å²) in [6, 6.07) is 0. The van der Waals surface area contributed by atoms with E-state index in [0.717, 1.165) is 0 Å². The highest BCUT2D eigenvalue weighted by Crippen LogP contribution is 2.34. The number of alkyl halides is 5. The molecule has 0 bridgehead atoms. The highest BCUT2D eigenvalue weighted by Gasteiger charge is 2.56. The van der Waals surface area contributed by atoms with E-state index in [1.54, 1.807) is 0 Å². The third-order valence-electron chi connectivity index (χ3n) is 1.51. The first-order chi connectivity index (χ1) is 6.33. The molecule has 14 heavy (non-hydrogen) atoms. The van der Waals surface area contributed by atoms with Crippen molar-refractivity contribution in [3.63, 3.8) is 0 Å². The minimum atomic E-state index is -5.51. The fourth-order valence-electron chi connectivity index (χ4n) is 0.695. The molecule has 0 aliphatic carbocycles. The Morgan fingerprint density at radius 1 is 1.29 bits per heavy atom. The zero-order valence-corrected chi connectivity index (χ0v) is 6.83. The molecule has 2 nitrogen and oxygen atoms in total. The van der Waals surface area contributed by atoms with Crippen molar-refractivity contribution < 1.29 is 22.0 Å². The second-order valence-electron chi connectivity index (χ2n) is 2.70. The van der Waals surface area contributed by atoms with Gasteiger partial charge in [0.05, 0.1) is 6.54 Å². The molecule has 1 aliphatic rings. The van der Waals surface area contributed by atoms with Crippen LogP contribution in [0.15, 0.2) is 16.8 Å². The summed E-state index contributed by atoms with van der Waals surface area (Å²) in [6.07, 6.45) is -1.81. The van der Waals surface area contributed by atoms with Crippen LogP contribution in [0.1, 0.15) is 0 Å². The summed E-state index contributed by atoms with van der Waals surface area (Å²) in [5.41, 5.74) is 0.475. The fourth-order valence-corrected chi connectivity index (χ4v) is 0.695. The molecule has 0 radical (unpaired) electrons. The van der Waals surface area contributed by atoms with Gasteiger partial charge in [0, 0.05) is 6.54 Å². The van der Waals surface area contributed by atoms with Crippen LogP contribution in [0.5, 0.6) is 0 Å². The molecule has 80 valence electrons. The molecule has 0 saturated heterocycles. The Morgan fingerprint density at radius 2 is 1.86 bits per heavy atom. The van der Waals surface area contributed by atoms with Crippen molar-refractivity contribution in [1.29, 1.82) is 0 Å². The molecule has 0 aromatic heterocycles. The molecule has 0 atom stereocenters. The minimum Gasteiger partial charge on any atom is -0.394 e. The molecule has 1 aliphatic heterocycles. The molecule has 0 aromatic rings. The van der Waals surface area contributed by atoms with Crippen LogP contribution in [0.2, 0.25) is 0 Å². The summed E-state index contributed by atoms with van der Waals surface area (Å²) in [5.74, 6) is -4.70. The number of hydrogen-bond acceptors (Lipinski definition) is 2. The first-order valence-electron chi connectivity index (χ1n) is 3.63. The maximum atomic E-state index is 12.3. The van der Waals surface area contributed by atoms with Crippen molar-refractivity contribution in [2.24, 2.45) is 4.99 Å². The monoisotopic (exact) mass is 213 g/mol. The van der Waals surface area contributed by atoms with Gasteiger partial charge in [-0.05, 0) is 0 Å². The average molecular weight is 213 g/mol. The van der Waals surface area contributed by atoms with Gasteiger partial charge in [-0.25, -0.2) is 0 Å². The molecule has 0 spiro atoms. The summed E-state index contributed by atoms with van der Waals surface area (Å²) in [6.45, 7) is -1.52. The van der Waals surface area contributed by atoms with E-state index in [1.165, 1.54) is 6.20 Å². The van der Waals surface area contributed by atoms with Gasteiger partial charge in [-0.3, -0.25) is 0 Å². The first kappa shape index (κ1) is 11.1. The van der Waals surface area contributed by atoms with E-state index in [1.807, 2.05) is 5.32 Å². The average Bonchev–Trinajstić information content (AvgIpc) is 1.92. The SMILES string of the molecule is FC(F)(F)C(F)(F)CNCC1=CN=[C-]1. The maximum Gasteiger partial charge on any atom is 0.454 e. The highest BCUT2D eigenvalue weighted by atomic mass is 19.4. The van der Waals surface area contributed by atoms with Crippen molar-refractivity contribution >= 4 is 6.21 Å². The third-order valence-corrected chi connectivity index (χ3v) is 1.51. The van der Waals surface area contributed by atoms with Crippen LogP contribution in [0.4, 0.5) is 22.0 Å². The molecule has 1 N–H and O–H groups in total. The number of hydrogen-bond donors (Lipinski definition) is 1. The number of aliphatic imine (C=N–C) groups is 1. The summed E-state index contributed by atoms with van der Waals surface area (Å²) in [7, 11) is 0. The molecule has 7 heteroatoms. The second-order valence-corrected chi connectivity index (χ2v) is 2.70. The van der Waals surface area contributed by atoms with Crippen LogP contribution in [0.3, 0.4) is 0 Å². The summed E-state index contributed by atoms with van der Waals surface area (Å²) < 4.78 is 59.3. The molecule has 1 rings (SSSR count). The Hall–Kier alpha value is -0.980. The van der Waals surface area contributed by atoms with Crippen LogP contribution in [-0.4, -0.2) is 31.4 Å².